The molecule has 0 saturated carbocycles. The summed E-state index contributed by atoms with van der Waals surface area (Å²) in [7, 11) is 0.915. The van der Waals surface area contributed by atoms with Crippen LogP contribution < -0.4 is 4.74 Å². The van der Waals surface area contributed by atoms with Gasteiger partial charge in [-0.05, 0) is 57.2 Å². The maximum absolute atomic E-state index is 12.1. The average molecular weight is 282 g/mol. The van der Waals surface area contributed by atoms with E-state index in [1.165, 1.54) is 5.56 Å². The summed E-state index contributed by atoms with van der Waals surface area (Å²) in [5.74, 6) is 2.09. The molecule has 2 atom stereocenters. The van der Waals surface area contributed by atoms with Gasteiger partial charge in [0.1, 0.15) is 5.75 Å². The van der Waals surface area contributed by atoms with Crippen molar-refractivity contribution in [3.63, 3.8) is 0 Å². The van der Waals surface area contributed by atoms with Crippen LogP contribution in [-0.4, -0.2) is 21.8 Å². The van der Waals surface area contributed by atoms with Crippen LogP contribution in [0.5, 0.6) is 5.75 Å². The predicted molar refractivity (Wildman–Crippen MR) is 83.4 cm³/mol. The molecule has 0 heterocycles. The lowest BCUT2D eigenvalue weighted by atomic mass is 10.0. The molecule has 0 aliphatic heterocycles. The Labute approximate surface area is 120 Å². The standard InChI is InChI=1S/C16H26O2S/c1-12(11-19(17)16(3,4)5)9-14-8-7-13(2)15(10-14)18-6/h7-8,10,12H,9,11H2,1-6H3/t12-,19+/m0/s1. The number of hydrogen-bond donors (Lipinski definition) is 0. The summed E-state index contributed by atoms with van der Waals surface area (Å²) >= 11 is 0. The van der Waals surface area contributed by atoms with Crippen molar-refractivity contribution in [3.05, 3.63) is 29.3 Å². The van der Waals surface area contributed by atoms with Gasteiger partial charge in [0.2, 0.25) is 0 Å². The minimum absolute atomic E-state index is 0.126. The van der Waals surface area contributed by atoms with Crippen LogP contribution in [0.15, 0.2) is 18.2 Å². The van der Waals surface area contributed by atoms with Crippen molar-refractivity contribution in [1.82, 2.24) is 0 Å². The third-order valence-electron chi connectivity index (χ3n) is 3.18. The smallest absolute Gasteiger partial charge is 0.122 e. The third kappa shape index (κ3) is 4.98. The van der Waals surface area contributed by atoms with Crippen LogP contribution in [0.25, 0.3) is 0 Å². The molecule has 0 bridgehead atoms. The van der Waals surface area contributed by atoms with Crippen molar-refractivity contribution in [2.24, 2.45) is 5.92 Å². The molecule has 108 valence electrons. The highest BCUT2D eigenvalue weighted by Crippen LogP contribution is 2.22. The van der Waals surface area contributed by atoms with Crippen molar-refractivity contribution in [3.8, 4) is 5.75 Å². The van der Waals surface area contributed by atoms with Gasteiger partial charge >= 0.3 is 0 Å². The van der Waals surface area contributed by atoms with Crippen molar-refractivity contribution in [2.75, 3.05) is 12.9 Å². The van der Waals surface area contributed by atoms with E-state index in [1.807, 2.05) is 27.7 Å². The van der Waals surface area contributed by atoms with E-state index in [0.717, 1.165) is 23.5 Å². The molecule has 19 heavy (non-hydrogen) atoms. The highest BCUT2D eigenvalue weighted by molar-refractivity contribution is 7.86. The lowest BCUT2D eigenvalue weighted by Crippen LogP contribution is -2.27. The van der Waals surface area contributed by atoms with Crippen molar-refractivity contribution >= 4 is 10.8 Å². The van der Waals surface area contributed by atoms with E-state index < -0.39 is 10.8 Å². The van der Waals surface area contributed by atoms with Gasteiger partial charge in [0, 0.05) is 21.3 Å². The summed E-state index contributed by atoms with van der Waals surface area (Å²) < 4.78 is 17.3. The highest BCUT2D eigenvalue weighted by atomic mass is 32.2. The summed E-state index contributed by atoms with van der Waals surface area (Å²) in [5.41, 5.74) is 2.40. The molecule has 1 aromatic rings. The first kappa shape index (κ1) is 16.2. The molecule has 0 fully saturated rings. The first-order valence-electron chi connectivity index (χ1n) is 6.76. The van der Waals surface area contributed by atoms with E-state index in [0.29, 0.717) is 5.92 Å². The Hall–Kier alpha value is -0.830. The fourth-order valence-electron chi connectivity index (χ4n) is 1.96. The van der Waals surface area contributed by atoms with Gasteiger partial charge in [-0.25, -0.2) is 0 Å². The Kier molecular flexibility index (Phi) is 5.60. The van der Waals surface area contributed by atoms with E-state index in [9.17, 15) is 4.21 Å². The van der Waals surface area contributed by atoms with Gasteiger partial charge in [-0.3, -0.25) is 4.21 Å². The Bertz CT molecular complexity index is 447. The van der Waals surface area contributed by atoms with Crippen LogP contribution in [0, 0.1) is 12.8 Å². The zero-order valence-electron chi connectivity index (χ0n) is 12.9. The maximum Gasteiger partial charge on any atom is 0.122 e. The van der Waals surface area contributed by atoms with Gasteiger partial charge in [-0.1, -0.05) is 19.1 Å². The highest BCUT2D eigenvalue weighted by Gasteiger charge is 2.21. The van der Waals surface area contributed by atoms with Gasteiger partial charge in [-0.2, -0.15) is 0 Å². The molecule has 0 spiro atoms. The fourth-order valence-corrected chi connectivity index (χ4v) is 3.10. The first-order chi connectivity index (χ1) is 8.74. The zero-order valence-corrected chi connectivity index (χ0v) is 13.8. The number of rotatable bonds is 5. The summed E-state index contributed by atoms with van der Waals surface area (Å²) in [4.78, 5) is 0. The second-order valence-electron chi connectivity index (χ2n) is 6.24. The summed E-state index contributed by atoms with van der Waals surface area (Å²) in [6, 6.07) is 6.31. The molecular formula is C16H26O2S. The second-order valence-corrected chi connectivity index (χ2v) is 8.49. The zero-order chi connectivity index (χ0) is 14.6. The molecule has 1 rings (SSSR count). The monoisotopic (exact) mass is 282 g/mol. The number of ether oxygens (including phenoxy) is 1. The minimum Gasteiger partial charge on any atom is -0.496 e. The summed E-state index contributed by atoms with van der Waals surface area (Å²) in [6.45, 7) is 10.3. The number of hydrogen-bond acceptors (Lipinski definition) is 2. The Morgan fingerprint density at radius 2 is 1.95 bits per heavy atom. The second kappa shape index (κ2) is 6.56. The molecule has 3 heteroatoms. The lowest BCUT2D eigenvalue weighted by molar-refractivity contribution is 0.411. The average Bonchev–Trinajstić information content (AvgIpc) is 2.30. The topological polar surface area (TPSA) is 26.3 Å². The van der Waals surface area contributed by atoms with Gasteiger partial charge in [0.05, 0.1) is 7.11 Å². The van der Waals surface area contributed by atoms with Crippen LogP contribution in [0.4, 0.5) is 0 Å². The Morgan fingerprint density at radius 1 is 1.32 bits per heavy atom. The molecule has 2 nitrogen and oxygen atoms in total. The molecule has 0 aromatic heterocycles. The molecule has 0 amide bonds. The Morgan fingerprint density at radius 3 is 2.47 bits per heavy atom. The van der Waals surface area contributed by atoms with Crippen LogP contribution in [0.2, 0.25) is 0 Å². The van der Waals surface area contributed by atoms with E-state index in [-0.39, 0.29) is 4.75 Å². The largest absolute Gasteiger partial charge is 0.496 e. The van der Waals surface area contributed by atoms with Crippen molar-refractivity contribution in [2.45, 2.75) is 45.8 Å². The Balaban J connectivity index is 2.67. The normalized spacial score (nSPS) is 15.1. The van der Waals surface area contributed by atoms with E-state index >= 15 is 0 Å². The van der Waals surface area contributed by atoms with Crippen LogP contribution in [-0.2, 0) is 17.2 Å². The van der Waals surface area contributed by atoms with Crippen LogP contribution in [0.1, 0.15) is 38.8 Å². The maximum atomic E-state index is 12.1. The van der Waals surface area contributed by atoms with Crippen LogP contribution >= 0.6 is 0 Å². The summed E-state index contributed by atoms with van der Waals surface area (Å²) in [6.07, 6.45) is 0.943. The van der Waals surface area contributed by atoms with Gasteiger partial charge < -0.3 is 4.74 Å². The van der Waals surface area contributed by atoms with Gasteiger partial charge in [0.15, 0.2) is 0 Å². The van der Waals surface area contributed by atoms with Gasteiger partial charge in [-0.15, -0.1) is 0 Å². The molecule has 0 saturated heterocycles. The predicted octanol–water partition coefficient (Wildman–Crippen LogP) is 3.73. The first-order valence-corrected chi connectivity index (χ1v) is 8.08. The quantitative estimate of drug-likeness (QED) is 0.822. The van der Waals surface area contributed by atoms with E-state index in [1.54, 1.807) is 7.11 Å². The summed E-state index contributed by atoms with van der Waals surface area (Å²) in [5, 5.41) is 0. The molecule has 1 aromatic carbocycles. The van der Waals surface area contributed by atoms with Gasteiger partial charge in [0.25, 0.3) is 0 Å². The molecule has 0 radical (unpaired) electrons. The molecule has 0 N–H and O–H groups in total. The lowest BCUT2D eigenvalue weighted by Gasteiger charge is -2.21. The van der Waals surface area contributed by atoms with Crippen molar-refractivity contribution < 1.29 is 8.95 Å². The molecule has 0 unspecified atom stereocenters. The molecular weight excluding hydrogens is 256 g/mol. The molecule has 0 aliphatic rings. The number of benzene rings is 1. The van der Waals surface area contributed by atoms with E-state index in [2.05, 4.69) is 25.1 Å². The van der Waals surface area contributed by atoms with E-state index in [4.69, 9.17) is 4.74 Å². The fraction of sp³-hybridized carbons (Fsp3) is 0.625. The molecule has 0 aliphatic carbocycles. The number of aryl methyl sites for hydroxylation is 1. The van der Waals surface area contributed by atoms with Crippen LogP contribution in [0.3, 0.4) is 0 Å². The SMILES string of the molecule is COc1cc(C[C@H](C)C[S@@](=O)C(C)(C)C)ccc1C. The number of methoxy groups -OCH3 is 1. The minimum atomic E-state index is -0.784. The third-order valence-corrected chi connectivity index (χ3v) is 5.41. The van der Waals surface area contributed by atoms with Crippen molar-refractivity contribution in [1.29, 1.82) is 0 Å².